The summed E-state index contributed by atoms with van der Waals surface area (Å²) in [5.41, 5.74) is 2.09. The maximum atomic E-state index is 13.4. The molecule has 1 amide bonds. The van der Waals surface area contributed by atoms with Crippen LogP contribution in [0.3, 0.4) is 0 Å². The van der Waals surface area contributed by atoms with Gasteiger partial charge in [0.25, 0.3) is 5.91 Å². The fourth-order valence-electron chi connectivity index (χ4n) is 1.80. The second-order valence-corrected chi connectivity index (χ2v) is 5.54. The van der Waals surface area contributed by atoms with E-state index in [9.17, 15) is 9.18 Å². The van der Waals surface area contributed by atoms with E-state index in [-0.39, 0.29) is 12.3 Å². The van der Waals surface area contributed by atoms with Gasteiger partial charge in [0.1, 0.15) is 11.6 Å². The highest BCUT2D eigenvalue weighted by Gasteiger charge is 2.09. The number of ether oxygens (including phenoxy) is 1. The number of carbonyl (C=O) groups is 1. The number of para-hydroxylation sites is 1. The molecule has 0 atom stereocenters. The third kappa shape index (κ3) is 4.04. The van der Waals surface area contributed by atoms with E-state index in [4.69, 9.17) is 4.74 Å². The number of halogens is 2. The second-order valence-electron chi connectivity index (χ2n) is 4.68. The van der Waals surface area contributed by atoms with Crippen molar-refractivity contribution in [1.29, 1.82) is 0 Å². The van der Waals surface area contributed by atoms with E-state index in [2.05, 4.69) is 21.2 Å². The van der Waals surface area contributed by atoms with Crippen molar-refractivity contribution < 1.29 is 13.9 Å². The Morgan fingerprint density at radius 1 is 1.24 bits per heavy atom. The van der Waals surface area contributed by atoms with E-state index in [1.165, 1.54) is 12.1 Å². The summed E-state index contributed by atoms with van der Waals surface area (Å²) in [6.45, 7) is 3.67. The minimum absolute atomic E-state index is 0.148. The van der Waals surface area contributed by atoms with Gasteiger partial charge in [0.2, 0.25) is 0 Å². The molecule has 2 aromatic carbocycles. The zero-order chi connectivity index (χ0) is 15.4. The van der Waals surface area contributed by atoms with Crippen LogP contribution in [0.1, 0.15) is 11.1 Å². The molecule has 0 fully saturated rings. The van der Waals surface area contributed by atoms with Gasteiger partial charge in [0.05, 0.1) is 5.69 Å². The van der Waals surface area contributed by atoms with Gasteiger partial charge in [0, 0.05) is 4.47 Å². The molecule has 2 rings (SSSR count). The average molecular weight is 352 g/mol. The quantitative estimate of drug-likeness (QED) is 0.895. The van der Waals surface area contributed by atoms with Crippen LogP contribution < -0.4 is 10.1 Å². The number of nitrogens with one attached hydrogen (secondary N) is 1. The van der Waals surface area contributed by atoms with Gasteiger partial charge in [-0.15, -0.1) is 0 Å². The number of benzene rings is 2. The molecule has 0 bridgehead atoms. The second kappa shape index (κ2) is 6.72. The lowest BCUT2D eigenvalue weighted by atomic mass is 10.1. The first kappa shape index (κ1) is 15.5. The normalized spacial score (nSPS) is 10.3. The molecule has 0 aliphatic carbocycles. The first-order valence-corrected chi connectivity index (χ1v) is 7.20. The molecule has 0 saturated carbocycles. The highest BCUT2D eigenvalue weighted by atomic mass is 79.9. The lowest BCUT2D eigenvalue weighted by Gasteiger charge is -2.11. The lowest BCUT2D eigenvalue weighted by molar-refractivity contribution is -0.118. The fourth-order valence-corrected chi connectivity index (χ4v) is 2.26. The first-order valence-electron chi connectivity index (χ1n) is 6.41. The summed E-state index contributed by atoms with van der Waals surface area (Å²) in [5, 5.41) is 2.48. The van der Waals surface area contributed by atoms with Crippen LogP contribution in [0, 0.1) is 19.7 Å². The molecule has 0 aromatic heterocycles. The number of carbonyl (C=O) groups excluding carboxylic acids is 1. The minimum atomic E-state index is -0.471. The molecule has 2 aromatic rings. The number of aryl methyl sites for hydroxylation is 2. The Bertz CT molecular complexity index is 673. The maximum absolute atomic E-state index is 13.4. The largest absolute Gasteiger partial charge is 0.483 e. The van der Waals surface area contributed by atoms with E-state index >= 15 is 0 Å². The monoisotopic (exact) mass is 351 g/mol. The number of anilines is 1. The minimum Gasteiger partial charge on any atom is -0.483 e. The predicted molar refractivity (Wildman–Crippen MR) is 84.1 cm³/mol. The summed E-state index contributed by atoms with van der Waals surface area (Å²) in [7, 11) is 0. The molecular weight excluding hydrogens is 337 g/mol. The van der Waals surface area contributed by atoms with Crippen molar-refractivity contribution in [1.82, 2.24) is 0 Å². The molecule has 0 aliphatic heterocycles. The van der Waals surface area contributed by atoms with Gasteiger partial charge < -0.3 is 10.1 Å². The Kier molecular flexibility index (Phi) is 4.96. The maximum Gasteiger partial charge on any atom is 0.262 e. The summed E-state index contributed by atoms with van der Waals surface area (Å²) in [6, 6.07) is 9.80. The Labute approximate surface area is 131 Å². The highest BCUT2D eigenvalue weighted by Crippen LogP contribution is 2.26. The Morgan fingerprint density at radius 3 is 2.67 bits per heavy atom. The molecule has 0 radical (unpaired) electrons. The number of hydrogen-bond acceptors (Lipinski definition) is 2. The van der Waals surface area contributed by atoms with E-state index in [0.29, 0.717) is 5.75 Å². The van der Waals surface area contributed by atoms with Crippen LogP contribution in [0.2, 0.25) is 0 Å². The summed E-state index contributed by atoms with van der Waals surface area (Å²) in [4.78, 5) is 11.8. The topological polar surface area (TPSA) is 38.3 Å². The number of rotatable bonds is 4. The van der Waals surface area contributed by atoms with Crippen molar-refractivity contribution >= 4 is 27.5 Å². The van der Waals surface area contributed by atoms with Gasteiger partial charge in [-0.1, -0.05) is 28.1 Å². The smallest absolute Gasteiger partial charge is 0.262 e. The lowest BCUT2D eigenvalue weighted by Crippen LogP contribution is -2.21. The zero-order valence-corrected chi connectivity index (χ0v) is 13.3. The SMILES string of the molecule is Cc1cc(OCC(=O)Nc2ccccc2F)c(C)cc1Br. The van der Waals surface area contributed by atoms with Crippen molar-refractivity contribution in [3.8, 4) is 5.75 Å². The van der Waals surface area contributed by atoms with Gasteiger partial charge in [-0.2, -0.15) is 0 Å². The summed E-state index contributed by atoms with van der Waals surface area (Å²) in [6.07, 6.45) is 0. The zero-order valence-electron chi connectivity index (χ0n) is 11.7. The van der Waals surface area contributed by atoms with Crippen LogP contribution >= 0.6 is 15.9 Å². The van der Waals surface area contributed by atoms with Gasteiger partial charge in [-0.3, -0.25) is 4.79 Å². The van der Waals surface area contributed by atoms with Gasteiger partial charge in [-0.05, 0) is 49.2 Å². The molecule has 1 N–H and O–H groups in total. The average Bonchev–Trinajstić information content (AvgIpc) is 2.44. The fraction of sp³-hybridized carbons (Fsp3) is 0.188. The molecule has 0 saturated heterocycles. The van der Waals surface area contributed by atoms with E-state index in [0.717, 1.165) is 15.6 Å². The third-order valence-corrected chi connectivity index (χ3v) is 3.82. The molecule has 21 heavy (non-hydrogen) atoms. The van der Waals surface area contributed by atoms with Crippen molar-refractivity contribution in [3.05, 3.63) is 57.8 Å². The molecule has 5 heteroatoms. The molecular formula is C16H15BrFNO2. The predicted octanol–water partition coefficient (Wildman–Crippen LogP) is 4.22. The van der Waals surface area contributed by atoms with Crippen molar-refractivity contribution in [2.75, 3.05) is 11.9 Å². The van der Waals surface area contributed by atoms with Gasteiger partial charge in [-0.25, -0.2) is 4.39 Å². The summed E-state index contributed by atoms with van der Waals surface area (Å²) in [5.74, 6) is -0.235. The van der Waals surface area contributed by atoms with Gasteiger partial charge in [0.15, 0.2) is 6.61 Å². The molecule has 0 unspecified atom stereocenters. The molecule has 110 valence electrons. The number of amides is 1. The van der Waals surface area contributed by atoms with Crippen molar-refractivity contribution in [2.24, 2.45) is 0 Å². The molecule has 0 spiro atoms. The Hall–Kier alpha value is -1.88. The first-order chi connectivity index (χ1) is 9.97. The van der Waals surface area contributed by atoms with Crippen molar-refractivity contribution in [3.63, 3.8) is 0 Å². The Morgan fingerprint density at radius 2 is 1.95 bits per heavy atom. The van der Waals surface area contributed by atoms with E-state index in [1.807, 2.05) is 26.0 Å². The van der Waals surface area contributed by atoms with Crippen molar-refractivity contribution in [2.45, 2.75) is 13.8 Å². The van der Waals surface area contributed by atoms with E-state index < -0.39 is 11.7 Å². The van der Waals surface area contributed by atoms with Crippen LogP contribution in [-0.2, 0) is 4.79 Å². The van der Waals surface area contributed by atoms with Gasteiger partial charge >= 0.3 is 0 Å². The van der Waals surface area contributed by atoms with Crippen LogP contribution in [0.15, 0.2) is 40.9 Å². The molecule has 3 nitrogen and oxygen atoms in total. The number of hydrogen-bond donors (Lipinski definition) is 1. The molecule has 0 heterocycles. The highest BCUT2D eigenvalue weighted by molar-refractivity contribution is 9.10. The van der Waals surface area contributed by atoms with Crippen LogP contribution in [0.4, 0.5) is 10.1 Å². The summed E-state index contributed by atoms with van der Waals surface area (Å²) >= 11 is 3.44. The molecule has 0 aliphatic rings. The third-order valence-electron chi connectivity index (χ3n) is 2.96. The van der Waals surface area contributed by atoms with Crippen LogP contribution in [0.25, 0.3) is 0 Å². The Balaban J connectivity index is 1.99. The summed E-state index contributed by atoms with van der Waals surface area (Å²) < 4.78 is 19.9. The van der Waals surface area contributed by atoms with Crippen LogP contribution in [-0.4, -0.2) is 12.5 Å². The van der Waals surface area contributed by atoms with Crippen LogP contribution in [0.5, 0.6) is 5.75 Å². The van der Waals surface area contributed by atoms with E-state index in [1.54, 1.807) is 12.1 Å². The standard InChI is InChI=1S/C16H15BrFNO2/c1-10-8-15(11(2)7-12(10)17)21-9-16(20)19-14-6-4-3-5-13(14)18/h3-8H,9H2,1-2H3,(H,19,20).